The molecule has 0 saturated carbocycles. The van der Waals surface area contributed by atoms with Crippen LogP contribution in [0, 0.1) is 10.1 Å². The maximum absolute atomic E-state index is 11.9. The highest BCUT2D eigenvalue weighted by atomic mass is 17.0. The first-order valence-corrected chi connectivity index (χ1v) is 9.45. The molecular weight excluding hydrogens is 424 g/mol. The van der Waals surface area contributed by atoms with Crippen LogP contribution in [0.5, 0.6) is 23.0 Å². The van der Waals surface area contributed by atoms with Gasteiger partial charge >= 0.3 is 0 Å². The van der Waals surface area contributed by atoms with Crippen molar-refractivity contribution in [3.63, 3.8) is 0 Å². The number of aromatic hydroxyl groups is 1. The number of phenols is 1. The number of anilines is 1. The van der Waals surface area contributed by atoms with Gasteiger partial charge in [-0.1, -0.05) is 0 Å². The molecule has 2 aromatic carbocycles. The number of nitrogens with one attached hydrogen (secondary N) is 1. The first-order chi connectivity index (χ1) is 15.2. The van der Waals surface area contributed by atoms with E-state index in [2.05, 4.69) is 10.2 Å². The molecule has 0 atom stereocenters. The molecule has 11 nitrogen and oxygen atoms in total. The van der Waals surface area contributed by atoms with Crippen molar-refractivity contribution in [2.24, 2.45) is 0 Å². The van der Waals surface area contributed by atoms with Crippen molar-refractivity contribution in [2.45, 2.75) is 20.4 Å². The van der Waals surface area contributed by atoms with Gasteiger partial charge in [0.05, 0.1) is 19.9 Å². The van der Waals surface area contributed by atoms with Crippen molar-refractivity contribution in [2.75, 3.05) is 32.8 Å². The molecule has 0 bridgehead atoms. The van der Waals surface area contributed by atoms with E-state index in [0.29, 0.717) is 22.4 Å². The lowest BCUT2D eigenvalue weighted by atomic mass is 10.1. The fraction of sp³-hybridized carbons (Fsp3) is 0.333. The Balaban J connectivity index is 2.39. The van der Waals surface area contributed by atoms with Crippen LogP contribution in [0.1, 0.15) is 40.1 Å². The summed E-state index contributed by atoms with van der Waals surface area (Å²) in [5.74, 6) is -0.0315. The summed E-state index contributed by atoms with van der Waals surface area (Å²) in [5.41, 5.74) is 1.38. The van der Waals surface area contributed by atoms with Gasteiger partial charge in [0.2, 0.25) is 0 Å². The summed E-state index contributed by atoms with van der Waals surface area (Å²) in [4.78, 5) is 38.3. The van der Waals surface area contributed by atoms with E-state index in [9.17, 15) is 24.8 Å². The number of carbonyl (C=O) groups excluding carboxylic acids is 2. The lowest BCUT2D eigenvalue weighted by molar-refractivity contribution is -0.757. The standard InChI is InChI=1S/C21H24N2O9/c1-12(24)14-7-16(20(26)18(9-14)29-3)11-22-17-8-15(13(2)25)10-19(30-4)21(17)31-5-6-32-23(27)28/h7-10,22,26H,5-6,11H2,1-4H3. The predicted molar refractivity (Wildman–Crippen MR) is 113 cm³/mol. The van der Waals surface area contributed by atoms with Crippen molar-refractivity contribution < 1.29 is 38.8 Å². The largest absolute Gasteiger partial charge is 0.504 e. The van der Waals surface area contributed by atoms with Crippen molar-refractivity contribution in [1.29, 1.82) is 0 Å². The summed E-state index contributed by atoms with van der Waals surface area (Å²) < 4.78 is 16.0. The number of methoxy groups -OCH3 is 2. The van der Waals surface area contributed by atoms with Gasteiger partial charge in [-0.3, -0.25) is 9.59 Å². The van der Waals surface area contributed by atoms with Crippen molar-refractivity contribution in [1.82, 2.24) is 0 Å². The summed E-state index contributed by atoms with van der Waals surface area (Å²) in [6.07, 6.45) is 0. The highest BCUT2D eigenvalue weighted by Gasteiger charge is 2.18. The third-order valence-electron chi connectivity index (χ3n) is 4.46. The van der Waals surface area contributed by atoms with E-state index in [4.69, 9.17) is 14.2 Å². The molecule has 0 aromatic heterocycles. The van der Waals surface area contributed by atoms with Gasteiger partial charge in [0.1, 0.15) is 13.2 Å². The van der Waals surface area contributed by atoms with Crippen LogP contribution >= 0.6 is 0 Å². The molecule has 0 radical (unpaired) electrons. The summed E-state index contributed by atoms with van der Waals surface area (Å²) in [6, 6.07) is 5.96. The summed E-state index contributed by atoms with van der Waals surface area (Å²) in [5, 5.41) is 22.9. The molecule has 0 saturated heterocycles. The molecule has 0 aliphatic heterocycles. The average molecular weight is 448 g/mol. The monoisotopic (exact) mass is 448 g/mol. The molecule has 172 valence electrons. The minimum absolute atomic E-state index is 0.0373. The van der Waals surface area contributed by atoms with Crippen LogP contribution in [0.25, 0.3) is 0 Å². The molecule has 2 aromatic rings. The highest BCUT2D eigenvalue weighted by molar-refractivity contribution is 5.96. The van der Waals surface area contributed by atoms with Gasteiger partial charge < -0.3 is 29.5 Å². The smallest absolute Gasteiger partial charge is 0.294 e. The Morgan fingerprint density at radius 2 is 1.59 bits per heavy atom. The lowest BCUT2D eigenvalue weighted by Crippen LogP contribution is -2.13. The predicted octanol–water partition coefficient (Wildman–Crippen LogP) is 3.01. The number of hydrogen-bond donors (Lipinski definition) is 2. The first kappa shape index (κ1) is 24.3. The number of ether oxygens (including phenoxy) is 3. The Morgan fingerprint density at radius 3 is 2.16 bits per heavy atom. The zero-order valence-corrected chi connectivity index (χ0v) is 18.1. The van der Waals surface area contributed by atoms with E-state index >= 15 is 0 Å². The molecule has 0 fully saturated rings. The van der Waals surface area contributed by atoms with Crippen LogP contribution in [0.4, 0.5) is 5.69 Å². The Morgan fingerprint density at radius 1 is 1.00 bits per heavy atom. The Labute approximate surface area is 184 Å². The number of nitrogens with zero attached hydrogens (tertiary/aromatic N) is 1. The van der Waals surface area contributed by atoms with Crippen molar-refractivity contribution in [3.05, 3.63) is 51.1 Å². The van der Waals surface area contributed by atoms with Gasteiger partial charge in [-0.2, -0.15) is 0 Å². The Hall–Kier alpha value is -4.02. The molecule has 0 amide bonds. The van der Waals surface area contributed by atoms with Gasteiger partial charge in [-0.15, -0.1) is 10.1 Å². The van der Waals surface area contributed by atoms with Gasteiger partial charge in [0, 0.05) is 23.2 Å². The Kier molecular flexibility index (Phi) is 8.22. The maximum Gasteiger partial charge on any atom is 0.294 e. The minimum atomic E-state index is -0.934. The molecule has 0 spiro atoms. The second-order valence-electron chi connectivity index (χ2n) is 6.61. The second-order valence-corrected chi connectivity index (χ2v) is 6.61. The van der Waals surface area contributed by atoms with Crippen LogP contribution < -0.4 is 19.5 Å². The molecular formula is C21H24N2O9. The number of carbonyl (C=O) groups is 2. The third kappa shape index (κ3) is 6.00. The van der Waals surface area contributed by atoms with Crippen LogP contribution in [-0.2, 0) is 11.4 Å². The molecule has 0 heterocycles. The number of phenolic OH excluding ortho intramolecular Hbond substituents is 1. The molecule has 2 N–H and O–H groups in total. The normalized spacial score (nSPS) is 10.2. The molecule has 11 heteroatoms. The summed E-state index contributed by atoms with van der Waals surface area (Å²) in [7, 11) is 2.76. The lowest BCUT2D eigenvalue weighted by Gasteiger charge is -2.18. The molecule has 0 aliphatic carbocycles. The van der Waals surface area contributed by atoms with Crippen LogP contribution in [0.3, 0.4) is 0 Å². The van der Waals surface area contributed by atoms with E-state index in [1.807, 2.05) is 0 Å². The summed E-state index contributed by atoms with van der Waals surface area (Å²) in [6.45, 7) is 2.34. The maximum atomic E-state index is 11.9. The highest BCUT2D eigenvalue weighted by Crippen LogP contribution is 2.38. The SMILES string of the molecule is COc1cc(C(C)=O)cc(CNc2cc(C(C)=O)cc(OC)c2OCCO[N+](=O)[O-])c1O. The fourth-order valence-electron chi connectivity index (χ4n) is 2.84. The molecule has 2 rings (SSSR count). The zero-order chi connectivity index (χ0) is 23.8. The van der Waals surface area contributed by atoms with E-state index in [1.165, 1.54) is 52.3 Å². The van der Waals surface area contributed by atoms with E-state index < -0.39 is 5.09 Å². The third-order valence-corrected chi connectivity index (χ3v) is 4.46. The van der Waals surface area contributed by atoms with Gasteiger partial charge in [0.15, 0.2) is 34.6 Å². The van der Waals surface area contributed by atoms with Gasteiger partial charge in [-0.05, 0) is 38.1 Å². The minimum Gasteiger partial charge on any atom is -0.504 e. The van der Waals surface area contributed by atoms with Gasteiger partial charge in [-0.25, -0.2) is 0 Å². The molecule has 32 heavy (non-hydrogen) atoms. The summed E-state index contributed by atoms with van der Waals surface area (Å²) >= 11 is 0. The zero-order valence-electron chi connectivity index (χ0n) is 18.1. The Bertz CT molecular complexity index is 1020. The van der Waals surface area contributed by atoms with E-state index in [-0.39, 0.29) is 54.3 Å². The number of rotatable bonds is 12. The fourth-order valence-corrected chi connectivity index (χ4v) is 2.84. The van der Waals surface area contributed by atoms with Crippen LogP contribution in [-0.4, -0.2) is 49.2 Å². The number of benzene rings is 2. The van der Waals surface area contributed by atoms with Crippen molar-refractivity contribution in [3.8, 4) is 23.0 Å². The van der Waals surface area contributed by atoms with Crippen LogP contribution in [0.15, 0.2) is 24.3 Å². The number of ketones is 2. The topological polar surface area (TPSA) is 146 Å². The molecule has 0 aliphatic rings. The van der Waals surface area contributed by atoms with Crippen molar-refractivity contribution >= 4 is 17.3 Å². The van der Waals surface area contributed by atoms with E-state index in [0.717, 1.165) is 0 Å². The molecule has 0 unspecified atom stereocenters. The van der Waals surface area contributed by atoms with Crippen LogP contribution in [0.2, 0.25) is 0 Å². The van der Waals surface area contributed by atoms with E-state index in [1.54, 1.807) is 0 Å². The number of Topliss-reactive ketones (excluding diaryl/α,β-unsaturated/α-hetero) is 2. The second kappa shape index (κ2) is 10.8. The quantitative estimate of drug-likeness (QED) is 0.215. The van der Waals surface area contributed by atoms with Gasteiger partial charge in [0.25, 0.3) is 5.09 Å². The average Bonchev–Trinajstić information content (AvgIpc) is 2.75. The number of hydrogen-bond acceptors (Lipinski definition) is 10. The first-order valence-electron chi connectivity index (χ1n) is 9.45.